The predicted molar refractivity (Wildman–Crippen MR) is 51.8 cm³/mol. The van der Waals surface area contributed by atoms with Gasteiger partial charge in [0.05, 0.1) is 24.0 Å². The third kappa shape index (κ3) is 1.48. The van der Waals surface area contributed by atoms with Gasteiger partial charge in [-0.2, -0.15) is 10.5 Å². The highest BCUT2D eigenvalue weighted by atomic mass is 32.2. The Hall–Kier alpha value is -0.740. The summed E-state index contributed by atoms with van der Waals surface area (Å²) in [6.07, 6.45) is 1.29. The largest absolute Gasteiger partial charge is 0.235 e. The van der Waals surface area contributed by atoms with E-state index >= 15 is 0 Å². The molecule has 1 heterocycles. The van der Waals surface area contributed by atoms with Crippen LogP contribution in [0.3, 0.4) is 0 Å². The second-order valence-corrected chi connectivity index (χ2v) is 5.17. The number of rotatable bonds is 0. The van der Waals surface area contributed by atoms with E-state index in [-0.39, 0.29) is 17.8 Å². The molecule has 0 N–H and O–H groups in total. The van der Waals surface area contributed by atoms with Crippen LogP contribution < -0.4 is 0 Å². The summed E-state index contributed by atoms with van der Waals surface area (Å²) in [5.74, 6) is 0.742. The van der Waals surface area contributed by atoms with E-state index in [2.05, 4.69) is 12.1 Å². The number of thioether (sulfide) groups is 1. The number of nitriles is 2. The van der Waals surface area contributed by atoms with Crippen LogP contribution in [0.25, 0.3) is 0 Å². The first-order chi connectivity index (χ1) is 6.76. The fourth-order valence-corrected chi connectivity index (χ4v) is 3.85. The zero-order chi connectivity index (χ0) is 10.1. The van der Waals surface area contributed by atoms with E-state index in [1.807, 2.05) is 0 Å². The summed E-state index contributed by atoms with van der Waals surface area (Å²) in [6, 6.07) is 4.32. The minimum absolute atomic E-state index is 0.0225. The summed E-state index contributed by atoms with van der Waals surface area (Å²) in [5, 5.41) is 17.7. The Bertz CT molecular complexity index is 306. The summed E-state index contributed by atoms with van der Waals surface area (Å²) in [6.45, 7) is 0. The van der Waals surface area contributed by atoms with E-state index in [0.29, 0.717) is 18.8 Å². The van der Waals surface area contributed by atoms with E-state index in [4.69, 9.17) is 10.5 Å². The minimum Gasteiger partial charge on any atom is -0.235 e. The Morgan fingerprint density at radius 3 is 2.43 bits per heavy atom. The Morgan fingerprint density at radius 1 is 1.14 bits per heavy atom. The van der Waals surface area contributed by atoms with Gasteiger partial charge in [-0.05, 0) is 24.5 Å². The van der Waals surface area contributed by atoms with E-state index < -0.39 is 5.50 Å². The molecular formula is C10H11FN2S. The van der Waals surface area contributed by atoms with Crippen LogP contribution in [-0.4, -0.2) is 11.3 Å². The first-order valence-corrected chi connectivity index (χ1v) is 5.86. The molecule has 2 nitrogen and oxygen atoms in total. The van der Waals surface area contributed by atoms with Gasteiger partial charge in [-0.15, -0.1) is 11.8 Å². The Morgan fingerprint density at radius 2 is 1.79 bits per heavy atom. The number of hydrogen-bond acceptors (Lipinski definition) is 3. The Labute approximate surface area is 87.1 Å². The maximum atomic E-state index is 13.4. The summed E-state index contributed by atoms with van der Waals surface area (Å²) in [4.78, 5) is 0. The van der Waals surface area contributed by atoms with Gasteiger partial charge < -0.3 is 0 Å². The van der Waals surface area contributed by atoms with Crippen molar-refractivity contribution in [2.75, 3.05) is 5.75 Å². The van der Waals surface area contributed by atoms with Gasteiger partial charge in [0.1, 0.15) is 5.50 Å². The zero-order valence-electron chi connectivity index (χ0n) is 7.69. The fourth-order valence-electron chi connectivity index (χ4n) is 2.45. The van der Waals surface area contributed by atoms with Crippen LogP contribution in [0, 0.1) is 46.3 Å². The van der Waals surface area contributed by atoms with Gasteiger partial charge in [0.2, 0.25) is 0 Å². The van der Waals surface area contributed by atoms with E-state index in [0.717, 1.165) is 5.75 Å². The van der Waals surface area contributed by atoms with E-state index in [9.17, 15) is 4.39 Å². The highest BCUT2D eigenvalue weighted by molar-refractivity contribution is 8.00. The number of fused-ring (bicyclic) bond motifs is 1. The van der Waals surface area contributed by atoms with E-state index in [1.54, 1.807) is 0 Å². The van der Waals surface area contributed by atoms with Gasteiger partial charge in [-0.3, -0.25) is 0 Å². The summed E-state index contributed by atoms with van der Waals surface area (Å²) in [5.41, 5.74) is -0.810. The second kappa shape index (κ2) is 3.79. The summed E-state index contributed by atoms with van der Waals surface area (Å²) in [7, 11) is 0. The molecule has 2 fully saturated rings. The lowest BCUT2D eigenvalue weighted by Crippen LogP contribution is -2.31. The van der Waals surface area contributed by atoms with Gasteiger partial charge >= 0.3 is 0 Å². The normalized spacial score (nSPS) is 46.4. The maximum absolute atomic E-state index is 13.4. The topological polar surface area (TPSA) is 47.6 Å². The molecule has 1 aliphatic heterocycles. The molecule has 2 aliphatic rings. The molecule has 0 amide bonds. The Balaban J connectivity index is 2.12. The van der Waals surface area contributed by atoms with Gasteiger partial charge in [-0.1, -0.05) is 0 Å². The van der Waals surface area contributed by atoms with Crippen molar-refractivity contribution in [3.05, 3.63) is 0 Å². The average molecular weight is 210 g/mol. The SMILES string of the molecule is N#CC1CC2CSC(F)C2CC1C#N. The minimum atomic E-state index is -0.810. The Kier molecular flexibility index (Phi) is 2.65. The van der Waals surface area contributed by atoms with Crippen molar-refractivity contribution in [1.29, 1.82) is 10.5 Å². The standard InChI is InChI=1S/C10H11FN2S/c11-10-9-2-7(4-13)6(3-12)1-8(9)5-14-10/h6-10H,1-2,5H2. The molecule has 0 aromatic heterocycles. The lowest BCUT2D eigenvalue weighted by atomic mass is 9.70. The molecule has 1 saturated heterocycles. The molecular weight excluding hydrogens is 199 g/mol. The maximum Gasteiger partial charge on any atom is 0.149 e. The van der Waals surface area contributed by atoms with Crippen molar-refractivity contribution >= 4 is 11.8 Å². The van der Waals surface area contributed by atoms with Crippen molar-refractivity contribution in [3.63, 3.8) is 0 Å². The molecule has 0 bridgehead atoms. The third-order valence-electron chi connectivity index (χ3n) is 3.31. The van der Waals surface area contributed by atoms with Crippen LogP contribution in [0.4, 0.5) is 4.39 Å². The molecule has 74 valence electrons. The highest BCUT2D eigenvalue weighted by Crippen LogP contribution is 2.49. The molecule has 1 aliphatic carbocycles. The van der Waals surface area contributed by atoms with Crippen LogP contribution in [0.15, 0.2) is 0 Å². The van der Waals surface area contributed by atoms with Gasteiger partial charge in [0.25, 0.3) is 0 Å². The summed E-state index contributed by atoms with van der Waals surface area (Å²) < 4.78 is 13.4. The van der Waals surface area contributed by atoms with Crippen LogP contribution in [0.5, 0.6) is 0 Å². The van der Waals surface area contributed by atoms with Crippen molar-refractivity contribution in [2.24, 2.45) is 23.7 Å². The van der Waals surface area contributed by atoms with Crippen molar-refractivity contribution in [3.8, 4) is 12.1 Å². The lowest BCUT2D eigenvalue weighted by Gasteiger charge is -2.31. The van der Waals surface area contributed by atoms with Crippen LogP contribution in [0.1, 0.15) is 12.8 Å². The second-order valence-electron chi connectivity index (χ2n) is 4.05. The highest BCUT2D eigenvalue weighted by Gasteiger charge is 2.45. The molecule has 0 radical (unpaired) electrons. The number of nitrogens with zero attached hydrogens (tertiary/aromatic N) is 2. The van der Waals surface area contributed by atoms with E-state index in [1.165, 1.54) is 11.8 Å². The van der Waals surface area contributed by atoms with Crippen LogP contribution in [-0.2, 0) is 0 Å². The lowest BCUT2D eigenvalue weighted by molar-refractivity contribution is 0.155. The fraction of sp³-hybridized carbons (Fsp3) is 0.800. The van der Waals surface area contributed by atoms with Gasteiger partial charge in [0.15, 0.2) is 0 Å². The van der Waals surface area contributed by atoms with Crippen molar-refractivity contribution in [1.82, 2.24) is 0 Å². The first kappa shape index (κ1) is 9.80. The molecule has 5 unspecified atom stereocenters. The van der Waals surface area contributed by atoms with Gasteiger partial charge in [-0.25, -0.2) is 4.39 Å². The molecule has 0 aromatic rings. The quantitative estimate of drug-likeness (QED) is 0.616. The zero-order valence-corrected chi connectivity index (χ0v) is 8.51. The number of hydrogen-bond donors (Lipinski definition) is 0. The first-order valence-electron chi connectivity index (χ1n) is 4.81. The van der Waals surface area contributed by atoms with Crippen LogP contribution in [0.2, 0.25) is 0 Å². The van der Waals surface area contributed by atoms with Crippen molar-refractivity contribution < 1.29 is 4.39 Å². The summed E-state index contributed by atoms with van der Waals surface area (Å²) >= 11 is 1.34. The monoisotopic (exact) mass is 210 g/mol. The smallest absolute Gasteiger partial charge is 0.149 e. The molecule has 4 heteroatoms. The predicted octanol–water partition coefficient (Wildman–Crippen LogP) is 2.33. The van der Waals surface area contributed by atoms with Crippen molar-refractivity contribution in [2.45, 2.75) is 18.3 Å². The third-order valence-corrected chi connectivity index (χ3v) is 4.60. The number of alkyl halides is 1. The average Bonchev–Trinajstić information content (AvgIpc) is 2.58. The molecule has 2 rings (SSSR count). The van der Waals surface area contributed by atoms with Gasteiger partial charge in [0, 0.05) is 5.92 Å². The molecule has 14 heavy (non-hydrogen) atoms. The molecule has 0 aromatic carbocycles. The number of halogens is 1. The van der Waals surface area contributed by atoms with Crippen LogP contribution >= 0.6 is 11.8 Å². The molecule has 0 spiro atoms. The molecule has 1 saturated carbocycles. The molecule has 5 atom stereocenters.